The minimum absolute atomic E-state index is 0.177. The average Bonchev–Trinajstić information content (AvgIpc) is 3.26. The number of rotatable bonds is 5. The Labute approximate surface area is 191 Å². The molecule has 0 bridgehead atoms. The van der Waals surface area contributed by atoms with Crippen molar-refractivity contribution in [3.05, 3.63) is 88.8 Å². The minimum atomic E-state index is -0.409. The minimum Gasteiger partial charge on any atom is -0.326 e. The van der Waals surface area contributed by atoms with Crippen molar-refractivity contribution < 1.29 is 14.0 Å². The molecule has 7 nitrogen and oxygen atoms in total. The molecular weight excluding hydrogens is 477 g/mol. The summed E-state index contributed by atoms with van der Waals surface area (Å²) in [6.45, 7) is 1.42. The normalized spacial score (nSPS) is 10.6. The molecule has 0 saturated heterocycles. The summed E-state index contributed by atoms with van der Waals surface area (Å²) in [7, 11) is 0. The van der Waals surface area contributed by atoms with E-state index in [0.717, 1.165) is 10.0 Å². The molecule has 32 heavy (non-hydrogen) atoms. The molecule has 160 valence electrons. The number of nitrogens with one attached hydrogen (secondary N) is 2. The molecular formula is C23H17BrFN5O2. The van der Waals surface area contributed by atoms with Gasteiger partial charge in [0.15, 0.2) is 0 Å². The van der Waals surface area contributed by atoms with Gasteiger partial charge >= 0.3 is 0 Å². The van der Waals surface area contributed by atoms with E-state index in [2.05, 4.69) is 36.9 Å². The Hall–Kier alpha value is -3.85. The van der Waals surface area contributed by atoms with Gasteiger partial charge in [0, 0.05) is 33.9 Å². The molecule has 2 N–H and O–H groups in total. The number of nitrogens with zero attached hydrogens (tertiary/aromatic N) is 3. The van der Waals surface area contributed by atoms with Crippen LogP contribution in [0.1, 0.15) is 17.3 Å². The zero-order valence-electron chi connectivity index (χ0n) is 16.8. The highest BCUT2D eigenvalue weighted by atomic mass is 79.9. The fraction of sp³-hybridized carbons (Fsp3) is 0.0435. The second-order valence-electron chi connectivity index (χ2n) is 6.93. The molecule has 0 aliphatic heterocycles. The van der Waals surface area contributed by atoms with Crippen LogP contribution in [0.5, 0.6) is 0 Å². The van der Waals surface area contributed by atoms with Crippen LogP contribution in [0, 0.1) is 5.82 Å². The molecule has 0 aliphatic rings. The van der Waals surface area contributed by atoms with Gasteiger partial charge in [-0.2, -0.15) is 0 Å². The van der Waals surface area contributed by atoms with E-state index in [4.69, 9.17) is 0 Å². The molecule has 4 aromatic rings. The summed E-state index contributed by atoms with van der Waals surface area (Å²) in [6, 6.07) is 18.3. The summed E-state index contributed by atoms with van der Waals surface area (Å²) in [4.78, 5) is 23.5. The maximum atomic E-state index is 14.1. The van der Waals surface area contributed by atoms with E-state index < -0.39 is 5.82 Å². The van der Waals surface area contributed by atoms with E-state index in [-0.39, 0.29) is 17.5 Å². The van der Waals surface area contributed by atoms with Crippen molar-refractivity contribution in [2.75, 3.05) is 10.6 Å². The standard InChI is InChI=1S/C23H17BrFN5O2/c1-14(31)26-18-9-4-16(5-10-18)23(32)27-19-7-2-15(3-8-19)21-13-30(29-28-21)22-12-17(24)6-11-20(22)25/h2-13H,1H3,(H,26,31)(H,27,32). The van der Waals surface area contributed by atoms with E-state index >= 15 is 0 Å². The predicted octanol–water partition coefficient (Wildman–Crippen LogP) is 5.05. The van der Waals surface area contributed by atoms with Gasteiger partial charge in [0.25, 0.3) is 5.91 Å². The molecule has 1 heterocycles. The second-order valence-corrected chi connectivity index (χ2v) is 7.85. The van der Waals surface area contributed by atoms with Gasteiger partial charge in [0.2, 0.25) is 5.91 Å². The Morgan fingerprint density at radius 1 is 0.938 bits per heavy atom. The van der Waals surface area contributed by atoms with Crippen LogP contribution in [-0.2, 0) is 4.79 Å². The Morgan fingerprint density at radius 2 is 1.59 bits per heavy atom. The highest BCUT2D eigenvalue weighted by Gasteiger charge is 2.11. The smallest absolute Gasteiger partial charge is 0.255 e. The lowest BCUT2D eigenvalue weighted by Gasteiger charge is -2.07. The van der Waals surface area contributed by atoms with Crippen LogP contribution in [0.3, 0.4) is 0 Å². The number of aromatic nitrogens is 3. The van der Waals surface area contributed by atoms with E-state index in [9.17, 15) is 14.0 Å². The Morgan fingerprint density at radius 3 is 2.28 bits per heavy atom. The van der Waals surface area contributed by atoms with Crippen molar-refractivity contribution in [3.8, 4) is 16.9 Å². The first-order valence-corrected chi connectivity index (χ1v) is 10.4. The van der Waals surface area contributed by atoms with Gasteiger partial charge in [-0.15, -0.1) is 5.10 Å². The molecule has 9 heteroatoms. The molecule has 0 atom stereocenters. The number of carbonyl (C=O) groups is 2. The average molecular weight is 494 g/mol. The first-order valence-electron chi connectivity index (χ1n) is 9.56. The topological polar surface area (TPSA) is 88.9 Å². The molecule has 0 fully saturated rings. The number of carbonyl (C=O) groups excluding carboxylic acids is 2. The SMILES string of the molecule is CC(=O)Nc1ccc(C(=O)Nc2ccc(-c3cn(-c4cc(Br)ccc4F)nn3)cc2)cc1. The number of hydrogen-bond acceptors (Lipinski definition) is 4. The molecule has 0 spiro atoms. The zero-order chi connectivity index (χ0) is 22.7. The van der Waals surface area contributed by atoms with Crippen LogP contribution in [0.25, 0.3) is 16.9 Å². The number of benzene rings is 3. The number of halogens is 2. The van der Waals surface area contributed by atoms with Crippen LogP contribution < -0.4 is 10.6 Å². The maximum Gasteiger partial charge on any atom is 0.255 e. The van der Waals surface area contributed by atoms with Crippen LogP contribution in [0.4, 0.5) is 15.8 Å². The van der Waals surface area contributed by atoms with Crippen molar-refractivity contribution in [3.63, 3.8) is 0 Å². The van der Waals surface area contributed by atoms with E-state index in [1.807, 2.05) is 0 Å². The summed E-state index contributed by atoms with van der Waals surface area (Å²) < 4.78 is 16.2. The van der Waals surface area contributed by atoms with Gasteiger partial charge in [-0.25, -0.2) is 9.07 Å². The third kappa shape index (κ3) is 4.89. The van der Waals surface area contributed by atoms with Crippen molar-refractivity contribution >= 4 is 39.1 Å². The van der Waals surface area contributed by atoms with Gasteiger partial charge in [-0.05, 0) is 54.6 Å². The van der Waals surface area contributed by atoms with Gasteiger partial charge in [-0.3, -0.25) is 9.59 Å². The first kappa shape index (κ1) is 21.4. The van der Waals surface area contributed by atoms with Crippen LogP contribution >= 0.6 is 15.9 Å². The fourth-order valence-corrected chi connectivity index (χ4v) is 3.36. The Kier molecular flexibility index (Phi) is 6.09. The van der Waals surface area contributed by atoms with Crippen molar-refractivity contribution in [2.45, 2.75) is 6.92 Å². The Balaban J connectivity index is 1.45. The third-order valence-corrected chi connectivity index (χ3v) is 5.05. The summed E-state index contributed by atoms with van der Waals surface area (Å²) >= 11 is 3.32. The second kappa shape index (κ2) is 9.11. The lowest BCUT2D eigenvalue weighted by atomic mass is 10.1. The summed E-state index contributed by atoms with van der Waals surface area (Å²) in [5, 5.41) is 13.6. The molecule has 0 unspecified atom stereocenters. The number of anilines is 2. The van der Waals surface area contributed by atoms with Crippen molar-refractivity contribution in [1.29, 1.82) is 0 Å². The first-order chi connectivity index (χ1) is 15.4. The summed E-state index contributed by atoms with van der Waals surface area (Å²) in [5.41, 5.74) is 3.30. The van der Waals surface area contributed by atoms with E-state index in [0.29, 0.717) is 22.6 Å². The maximum absolute atomic E-state index is 14.1. The monoisotopic (exact) mass is 493 g/mol. The highest BCUT2D eigenvalue weighted by Crippen LogP contribution is 2.23. The third-order valence-electron chi connectivity index (χ3n) is 4.55. The summed E-state index contributed by atoms with van der Waals surface area (Å²) in [6.07, 6.45) is 1.63. The molecule has 3 aromatic carbocycles. The molecule has 2 amide bonds. The van der Waals surface area contributed by atoms with Gasteiger partial charge < -0.3 is 10.6 Å². The molecule has 0 radical (unpaired) electrons. The highest BCUT2D eigenvalue weighted by molar-refractivity contribution is 9.10. The quantitative estimate of drug-likeness (QED) is 0.407. The lowest BCUT2D eigenvalue weighted by molar-refractivity contribution is -0.114. The van der Waals surface area contributed by atoms with Crippen LogP contribution in [-0.4, -0.2) is 26.8 Å². The van der Waals surface area contributed by atoms with Crippen LogP contribution in [0.2, 0.25) is 0 Å². The number of hydrogen-bond donors (Lipinski definition) is 2. The predicted molar refractivity (Wildman–Crippen MR) is 123 cm³/mol. The molecule has 0 saturated carbocycles. The molecule has 0 aliphatic carbocycles. The fourth-order valence-electron chi connectivity index (χ4n) is 3.01. The van der Waals surface area contributed by atoms with Gasteiger partial charge in [-0.1, -0.05) is 33.3 Å². The molecule has 1 aromatic heterocycles. The van der Waals surface area contributed by atoms with Crippen molar-refractivity contribution in [2.24, 2.45) is 0 Å². The lowest BCUT2D eigenvalue weighted by Crippen LogP contribution is -2.12. The van der Waals surface area contributed by atoms with Gasteiger partial charge in [0.05, 0.1) is 6.20 Å². The molecule has 4 rings (SSSR count). The van der Waals surface area contributed by atoms with Crippen LogP contribution in [0.15, 0.2) is 77.4 Å². The number of amides is 2. The van der Waals surface area contributed by atoms with E-state index in [1.165, 1.54) is 17.7 Å². The summed E-state index contributed by atoms with van der Waals surface area (Å²) in [5.74, 6) is -0.861. The largest absolute Gasteiger partial charge is 0.326 e. The van der Waals surface area contributed by atoms with E-state index in [1.54, 1.807) is 66.9 Å². The zero-order valence-corrected chi connectivity index (χ0v) is 18.4. The van der Waals surface area contributed by atoms with Gasteiger partial charge in [0.1, 0.15) is 17.2 Å². The Bertz CT molecular complexity index is 1290. The van der Waals surface area contributed by atoms with Crippen molar-refractivity contribution in [1.82, 2.24) is 15.0 Å².